The molecule has 3 aromatic carbocycles. The van der Waals surface area contributed by atoms with Crippen molar-refractivity contribution in [1.29, 1.82) is 0 Å². The first-order valence-corrected chi connectivity index (χ1v) is 10.8. The average molecular weight is 512 g/mol. The zero-order valence-electron chi connectivity index (χ0n) is 17.7. The number of nitrogens with zero attached hydrogens (tertiary/aromatic N) is 2. The molecule has 0 atom stereocenters. The van der Waals surface area contributed by atoms with Gasteiger partial charge in [0, 0.05) is 11.1 Å². The molecule has 1 fully saturated rings. The predicted octanol–water partition coefficient (Wildman–Crippen LogP) is 4.80. The van der Waals surface area contributed by atoms with E-state index in [9.17, 15) is 24.1 Å². The lowest BCUT2D eigenvalue weighted by atomic mass is 10.1. The van der Waals surface area contributed by atoms with Gasteiger partial charge in [0.2, 0.25) is 0 Å². The Morgan fingerprint density at radius 1 is 1.09 bits per heavy atom. The van der Waals surface area contributed by atoms with E-state index < -0.39 is 22.6 Å². The van der Waals surface area contributed by atoms with Gasteiger partial charge in [-0.3, -0.25) is 29.9 Å². The molecule has 11 heteroatoms. The summed E-state index contributed by atoms with van der Waals surface area (Å²) in [5, 5.41) is 14.4. The number of hydrogen-bond acceptors (Lipinski definition) is 6. The highest BCUT2D eigenvalue weighted by Gasteiger charge is 2.34. The predicted molar refractivity (Wildman–Crippen MR) is 131 cm³/mol. The van der Waals surface area contributed by atoms with Gasteiger partial charge < -0.3 is 4.74 Å². The lowest BCUT2D eigenvalue weighted by molar-refractivity contribution is -0.386. The average Bonchev–Trinajstić information content (AvgIpc) is 2.82. The third-order valence-electron chi connectivity index (χ3n) is 4.98. The molecular formula is C24H15ClFN3O5S. The monoisotopic (exact) mass is 511 g/mol. The van der Waals surface area contributed by atoms with Crippen LogP contribution in [-0.2, 0) is 16.2 Å². The summed E-state index contributed by atoms with van der Waals surface area (Å²) >= 11 is 11.0. The summed E-state index contributed by atoms with van der Waals surface area (Å²) in [5.41, 5.74) is 0.617. The fourth-order valence-corrected chi connectivity index (χ4v) is 3.69. The van der Waals surface area contributed by atoms with E-state index in [-0.39, 0.29) is 34.3 Å². The van der Waals surface area contributed by atoms with Crippen LogP contribution in [0.5, 0.6) is 5.75 Å². The summed E-state index contributed by atoms with van der Waals surface area (Å²) in [7, 11) is 0. The van der Waals surface area contributed by atoms with Crippen LogP contribution in [0.15, 0.2) is 72.3 Å². The number of benzene rings is 3. The van der Waals surface area contributed by atoms with Crippen molar-refractivity contribution in [2.75, 3.05) is 4.90 Å². The number of amides is 2. The Kier molecular flexibility index (Phi) is 6.85. The number of nitro groups is 1. The van der Waals surface area contributed by atoms with Crippen LogP contribution >= 0.6 is 23.8 Å². The minimum Gasteiger partial charge on any atom is -0.482 e. The fourth-order valence-electron chi connectivity index (χ4n) is 3.28. The maximum atomic E-state index is 13.1. The topological polar surface area (TPSA) is 102 Å². The van der Waals surface area contributed by atoms with Crippen molar-refractivity contribution in [1.82, 2.24) is 5.32 Å². The first-order chi connectivity index (χ1) is 16.7. The molecule has 1 saturated heterocycles. The van der Waals surface area contributed by atoms with E-state index in [0.717, 1.165) is 4.90 Å². The molecule has 0 saturated carbocycles. The molecule has 0 aromatic heterocycles. The molecule has 1 heterocycles. The van der Waals surface area contributed by atoms with Crippen molar-refractivity contribution >= 4 is 58.2 Å². The highest BCUT2D eigenvalue weighted by Crippen LogP contribution is 2.30. The van der Waals surface area contributed by atoms with Crippen LogP contribution in [0.1, 0.15) is 11.1 Å². The van der Waals surface area contributed by atoms with E-state index in [1.807, 2.05) is 0 Å². The largest absolute Gasteiger partial charge is 0.482 e. The Hall–Kier alpha value is -4.15. The number of rotatable bonds is 6. The van der Waals surface area contributed by atoms with Crippen LogP contribution in [0.4, 0.5) is 15.8 Å². The van der Waals surface area contributed by atoms with Crippen molar-refractivity contribution in [2.45, 2.75) is 6.61 Å². The van der Waals surface area contributed by atoms with Gasteiger partial charge in [-0.05, 0) is 71.9 Å². The molecule has 1 aliphatic rings. The summed E-state index contributed by atoms with van der Waals surface area (Å²) in [6.45, 7) is -0.0179. The SMILES string of the molecule is O=C1NC(=S)N(c2ccc(Cl)cc2)C(=O)/C1=C/c1ccc(OCc2ccc(F)cc2)c([N+](=O)[O-])c1. The molecule has 0 unspecified atom stereocenters. The van der Waals surface area contributed by atoms with E-state index in [2.05, 4.69) is 5.32 Å². The molecule has 176 valence electrons. The van der Waals surface area contributed by atoms with Crippen LogP contribution in [0.25, 0.3) is 6.08 Å². The summed E-state index contributed by atoms with van der Waals surface area (Å²) < 4.78 is 18.6. The van der Waals surface area contributed by atoms with E-state index in [4.69, 9.17) is 28.6 Å². The third-order valence-corrected chi connectivity index (χ3v) is 5.52. The summed E-state index contributed by atoms with van der Waals surface area (Å²) in [4.78, 5) is 37.7. The number of halogens is 2. The number of ether oxygens (including phenoxy) is 1. The summed E-state index contributed by atoms with van der Waals surface area (Å²) in [6.07, 6.45) is 1.24. The number of hydrogen-bond donors (Lipinski definition) is 1. The number of carbonyl (C=O) groups is 2. The summed E-state index contributed by atoms with van der Waals surface area (Å²) in [5.74, 6) is -1.86. The molecule has 4 rings (SSSR count). The second-order valence-electron chi connectivity index (χ2n) is 7.33. The van der Waals surface area contributed by atoms with Crippen molar-refractivity contribution < 1.29 is 23.6 Å². The summed E-state index contributed by atoms with van der Waals surface area (Å²) in [6, 6.07) is 15.8. The number of thiocarbonyl (C=S) groups is 1. The van der Waals surface area contributed by atoms with Gasteiger partial charge in [-0.15, -0.1) is 0 Å². The van der Waals surface area contributed by atoms with Crippen molar-refractivity contribution in [3.63, 3.8) is 0 Å². The van der Waals surface area contributed by atoms with Crippen LogP contribution in [-0.4, -0.2) is 21.9 Å². The Morgan fingerprint density at radius 2 is 1.77 bits per heavy atom. The fraction of sp³-hybridized carbons (Fsp3) is 0.0417. The molecule has 1 N–H and O–H groups in total. The van der Waals surface area contributed by atoms with Gasteiger partial charge in [0.25, 0.3) is 11.8 Å². The molecule has 1 aliphatic heterocycles. The van der Waals surface area contributed by atoms with Gasteiger partial charge in [-0.25, -0.2) is 4.39 Å². The molecule has 3 aromatic rings. The van der Waals surface area contributed by atoms with Crippen molar-refractivity contribution in [3.8, 4) is 5.75 Å². The number of anilines is 1. The maximum Gasteiger partial charge on any atom is 0.311 e. The lowest BCUT2D eigenvalue weighted by Crippen LogP contribution is -2.54. The Balaban J connectivity index is 1.62. The second-order valence-corrected chi connectivity index (χ2v) is 8.16. The van der Waals surface area contributed by atoms with Gasteiger partial charge in [0.1, 0.15) is 18.0 Å². The van der Waals surface area contributed by atoms with Gasteiger partial charge in [0.05, 0.1) is 10.6 Å². The molecule has 0 bridgehead atoms. The van der Waals surface area contributed by atoms with Crippen LogP contribution in [0.2, 0.25) is 5.02 Å². The third kappa shape index (κ3) is 5.34. The zero-order chi connectivity index (χ0) is 25.1. The molecule has 0 aliphatic carbocycles. The van der Waals surface area contributed by atoms with Gasteiger partial charge >= 0.3 is 5.69 Å². The van der Waals surface area contributed by atoms with Gasteiger partial charge in [-0.2, -0.15) is 0 Å². The van der Waals surface area contributed by atoms with E-state index >= 15 is 0 Å². The van der Waals surface area contributed by atoms with Gasteiger partial charge in [-0.1, -0.05) is 29.8 Å². The minimum atomic E-state index is -0.732. The first-order valence-electron chi connectivity index (χ1n) is 10.1. The standard InChI is InChI=1S/C24H15ClFN3O5S/c25-16-4-8-18(9-5-16)28-23(31)19(22(30)27-24(28)35)11-15-3-10-21(20(12-15)29(32)33)34-13-14-1-6-17(26)7-2-14/h1-12H,13H2,(H,27,30,35)/b19-11+. The van der Waals surface area contributed by atoms with Crippen LogP contribution in [0.3, 0.4) is 0 Å². The zero-order valence-corrected chi connectivity index (χ0v) is 19.3. The number of nitro benzene ring substituents is 1. The lowest BCUT2D eigenvalue weighted by Gasteiger charge is -2.28. The van der Waals surface area contributed by atoms with E-state index in [1.165, 1.54) is 48.5 Å². The van der Waals surface area contributed by atoms with Gasteiger partial charge in [0.15, 0.2) is 10.9 Å². The molecule has 2 amide bonds. The Morgan fingerprint density at radius 3 is 2.43 bits per heavy atom. The maximum absolute atomic E-state index is 13.1. The van der Waals surface area contributed by atoms with Crippen LogP contribution < -0.4 is 15.0 Å². The second kappa shape index (κ2) is 10.00. The highest BCUT2D eigenvalue weighted by atomic mass is 35.5. The van der Waals surface area contributed by atoms with E-state index in [1.54, 1.807) is 24.3 Å². The molecule has 8 nitrogen and oxygen atoms in total. The molecule has 35 heavy (non-hydrogen) atoms. The number of nitrogens with one attached hydrogen (secondary N) is 1. The molecule has 0 spiro atoms. The quantitative estimate of drug-likeness (QED) is 0.168. The first kappa shape index (κ1) is 24.0. The van der Waals surface area contributed by atoms with Crippen molar-refractivity contribution in [2.24, 2.45) is 0 Å². The molecule has 0 radical (unpaired) electrons. The smallest absolute Gasteiger partial charge is 0.311 e. The normalized spacial score (nSPS) is 14.7. The Bertz CT molecular complexity index is 1380. The minimum absolute atomic E-state index is 0.0179. The number of carbonyl (C=O) groups excluding carboxylic acids is 2. The Labute approximate surface area is 208 Å². The van der Waals surface area contributed by atoms with E-state index in [0.29, 0.717) is 16.3 Å². The van der Waals surface area contributed by atoms with Crippen LogP contribution in [0, 0.1) is 15.9 Å². The highest BCUT2D eigenvalue weighted by molar-refractivity contribution is 7.80. The molecular weight excluding hydrogens is 497 g/mol. The van der Waals surface area contributed by atoms with Crippen molar-refractivity contribution in [3.05, 3.63) is 104 Å².